The van der Waals surface area contributed by atoms with Gasteiger partial charge in [-0.2, -0.15) is 10.2 Å². The maximum Gasteiger partial charge on any atom is 0.254 e. The Hall–Kier alpha value is -2.11. The smallest absolute Gasteiger partial charge is 0.254 e. The molecule has 2 aromatic heterocycles. The van der Waals surface area contributed by atoms with Gasteiger partial charge in [0, 0.05) is 24.5 Å². The van der Waals surface area contributed by atoms with Gasteiger partial charge in [0.15, 0.2) is 0 Å². The van der Waals surface area contributed by atoms with Crippen LogP contribution in [0.4, 0.5) is 0 Å². The molecule has 1 aliphatic rings. The normalized spacial score (nSPS) is 17.5. The summed E-state index contributed by atoms with van der Waals surface area (Å²) in [7, 11) is 0. The predicted octanol–water partition coefficient (Wildman–Crippen LogP) is 1.61. The number of hydrogen-bond donors (Lipinski definition) is 2. The predicted molar refractivity (Wildman–Crippen MR) is 79.1 cm³/mol. The fourth-order valence-corrected chi connectivity index (χ4v) is 2.89. The summed E-state index contributed by atoms with van der Waals surface area (Å²) in [6.07, 6.45) is 7.45. The van der Waals surface area contributed by atoms with Gasteiger partial charge < -0.3 is 5.32 Å². The summed E-state index contributed by atoms with van der Waals surface area (Å²) >= 11 is 0. The van der Waals surface area contributed by atoms with Crippen molar-refractivity contribution in [2.75, 3.05) is 0 Å². The second-order valence-electron chi connectivity index (χ2n) is 5.68. The van der Waals surface area contributed by atoms with Crippen LogP contribution in [0, 0.1) is 6.92 Å². The first-order valence-corrected chi connectivity index (χ1v) is 7.53. The molecule has 112 valence electrons. The molecule has 1 atom stereocenters. The van der Waals surface area contributed by atoms with Gasteiger partial charge in [-0.15, -0.1) is 0 Å². The molecule has 0 saturated heterocycles. The molecule has 0 aliphatic heterocycles. The summed E-state index contributed by atoms with van der Waals surface area (Å²) < 4.78 is 1.85. The molecule has 2 N–H and O–H groups in total. The second-order valence-corrected chi connectivity index (χ2v) is 5.68. The van der Waals surface area contributed by atoms with Crippen molar-refractivity contribution in [3.8, 4) is 0 Å². The highest BCUT2D eigenvalue weighted by atomic mass is 16.1. The van der Waals surface area contributed by atoms with E-state index in [1.54, 1.807) is 0 Å². The molecule has 1 aliphatic carbocycles. The molecule has 3 rings (SSSR count). The maximum atomic E-state index is 12.4. The molecule has 0 bridgehead atoms. The van der Waals surface area contributed by atoms with E-state index in [2.05, 4.69) is 27.5 Å². The molecule has 1 unspecified atom stereocenters. The monoisotopic (exact) mass is 287 g/mol. The second kappa shape index (κ2) is 5.71. The van der Waals surface area contributed by atoms with Gasteiger partial charge in [-0.05, 0) is 38.2 Å². The summed E-state index contributed by atoms with van der Waals surface area (Å²) in [5.41, 5.74) is 3.89. The SMILES string of the molecule is CCCn1cc(C(=O)NC2CCc3[nH]ncc3C2)c(C)n1. The molecule has 6 nitrogen and oxygen atoms in total. The fourth-order valence-electron chi connectivity index (χ4n) is 2.89. The van der Waals surface area contributed by atoms with Crippen LogP contribution in [0.2, 0.25) is 0 Å². The van der Waals surface area contributed by atoms with Crippen molar-refractivity contribution in [3.05, 3.63) is 34.9 Å². The molecule has 2 heterocycles. The van der Waals surface area contributed by atoms with Gasteiger partial charge in [-0.3, -0.25) is 14.6 Å². The zero-order chi connectivity index (χ0) is 14.8. The molecule has 6 heteroatoms. The third-order valence-electron chi connectivity index (χ3n) is 4.00. The van der Waals surface area contributed by atoms with Gasteiger partial charge in [0.2, 0.25) is 0 Å². The molecule has 0 spiro atoms. The number of amides is 1. The number of nitrogens with one attached hydrogen (secondary N) is 2. The van der Waals surface area contributed by atoms with Crippen molar-refractivity contribution >= 4 is 5.91 Å². The van der Waals surface area contributed by atoms with Crippen molar-refractivity contribution in [1.29, 1.82) is 0 Å². The Morgan fingerprint density at radius 3 is 3.24 bits per heavy atom. The number of carbonyl (C=O) groups is 1. The average molecular weight is 287 g/mol. The molecule has 2 aromatic rings. The Balaban J connectivity index is 1.67. The Labute approximate surface area is 123 Å². The van der Waals surface area contributed by atoms with Gasteiger partial charge in [-0.1, -0.05) is 6.92 Å². The number of fused-ring (bicyclic) bond motifs is 1. The maximum absolute atomic E-state index is 12.4. The van der Waals surface area contributed by atoms with E-state index >= 15 is 0 Å². The molecule has 0 fully saturated rings. The first-order valence-electron chi connectivity index (χ1n) is 7.53. The fraction of sp³-hybridized carbons (Fsp3) is 0.533. The summed E-state index contributed by atoms with van der Waals surface area (Å²) in [5.74, 6) is -0.0215. The van der Waals surface area contributed by atoms with E-state index in [1.807, 2.05) is 24.0 Å². The number of aromatic amines is 1. The number of rotatable bonds is 4. The Bertz CT molecular complexity index is 642. The minimum atomic E-state index is -0.0215. The van der Waals surface area contributed by atoms with Crippen molar-refractivity contribution < 1.29 is 4.79 Å². The van der Waals surface area contributed by atoms with E-state index in [0.29, 0.717) is 5.56 Å². The van der Waals surface area contributed by atoms with Crippen LogP contribution < -0.4 is 5.32 Å². The first-order chi connectivity index (χ1) is 10.2. The summed E-state index contributed by atoms with van der Waals surface area (Å²) in [6, 6.07) is 0.177. The summed E-state index contributed by atoms with van der Waals surface area (Å²) in [5, 5.41) is 14.6. The van der Waals surface area contributed by atoms with E-state index in [1.165, 1.54) is 11.3 Å². The van der Waals surface area contributed by atoms with Crippen LogP contribution in [0.1, 0.15) is 47.1 Å². The van der Waals surface area contributed by atoms with Crippen LogP contribution >= 0.6 is 0 Å². The van der Waals surface area contributed by atoms with Crippen LogP contribution in [-0.4, -0.2) is 31.9 Å². The van der Waals surface area contributed by atoms with E-state index in [-0.39, 0.29) is 11.9 Å². The average Bonchev–Trinajstić information content (AvgIpc) is 3.05. The van der Waals surface area contributed by atoms with Crippen LogP contribution in [0.5, 0.6) is 0 Å². The Morgan fingerprint density at radius 2 is 2.43 bits per heavy atom. The van der Waals surface area contributed by atoms with Crippen molar-refractivity contribution in [2.24, 2.45) is 0 Å². The van der Waals surface area contributed by atoms with Crippen LogP contribution in [0.3, 0.4) is 0 Å². The van der Waals surface area contributed by atoms with E-state index in [9.17, 15) is 4.79 Å². The lowest BCUT2D eigenvalue weighted by molar-refractivity contribution is 0.0933. The number of aryl methyl sites for hydroxylation is 3. The zero-order valence-corrected chi connectivity index (χ0v) is 12.5. The standard InChI is InChI=1S/C15H21N5O/c1-3-6-20-9-13(10(2)19-20)15(21)17-12-4-5-14-11(7-12)8-16-18-14/h8-9,12H,3-7H2,1-2H3,(H,16,18)(H,17,21). The van der Waals surface area contributed by atoms with Crippen molar-refractivity contribution in [1.82, 2.24) is 25.3 Å². The van der Waals surface area contributed by atoms with Gasteiger partial charge >= 0.3 is 0 Å². The summed E-state index contributed by atoms with van der Waals surface area (Å²) in [4.78, 5) is 12.4. The third-order valence-corrected chi connectivity index (χ3v) is 4.00. The lowest BCUT2D eigenvalue weighted by atomic mass is 9.93. The van der Waals surface area contributed by atoms with Gasteiger partial charge in [0.05, 0.1) is 17.5 Å². The minimum Gasteiger partial charge on any atom is -0.349 e. The Kier molecular flexibility index (Phi) is 3.77. The lowest BCUT2D eigenvalue weighted by Gasteiger charge is -2.22. The number of H-pyrrole nitrogens is 1. The highest BCUT2D eigenvalue weighted by Gasteiger charge is 2.23. The van der Waals surface area contributed by atoms with Crippen LogP contribution in [-0.2, 0) is 19.4 Å². The van der Waals surface area contributed by atoms with Crippen molar-refractivity contribution in [3.63, 3.8) is 0 Å². The third kappa shape index (κ3) is 2.84. The largest absolute Gasteiger partial charge is 0.349 e. The molecule has 0 radical (unpaired) electrons. The van der Waals surface area contributed by atoms with E-state index < -0.39 is 0 Å². The molecular formula is C15H21N5O. The number of hydrogen-bond acceptors (Lipinski definition) is 3. The van der Waals surface area contributed by atoms with Crippen LogP contribution in [0.15, 0.2) is 12.4 Å². The molecule has 21 heavy (non-hydrogen) atoms. The molecule has 0 aromatic carbocycles. The minimum absolute atomic E-state index is 0.0215. The van der Waals surface area contributed by atoms with Gasteiger partial charge in [0.1, 0.15) is 0 Å². The zero-order valence-electron chi connectivity index (χ0n) is 12.5. The highest BCUT2D eigenvalue weighted by Crippen LogP contribution is 2.19. The quantitative estimate of drug-likeness (QED) is 0.897. The number of carbonyl (C=O) groups excluding carboxylic acids is 1. The van der Waals surface area contributed by atoms with E-state index in [0.717, 1.165) is 37.9 Å². The van der Waals surface area contributed by atoms with Crippen LogP contribution in [0.25, 0.3) is 0 Å². The molecule has 1 amide bonds. The highest BCUT2D eigenvalue weighted by molar-refractivity contribution is 5.95. The summed E-state index contributed by atoms with van der Waals surface area (Å²) in [6.45, 7) is 4.83. The van der Waals surface area contributed by atoms with Crippen molar-refractivity contribution in [2.45, 2.75) is 52.1 Å². The Morgan fingerprint density at radius 1 is 1.57 bits per heavy atom. The van der Waals surface area contributed by atoms with Gasteiger partial charge in [-0.25, -0.2) is 0 Å². The number of aromatic nitrogens is 4. The first kappa shape index (κ1) is 13.9. The van der Waals surface area contributed by atoms with Gasteiger partial charge in [0.25, 0.3) is 5.91 Å². The lowest BCUT2D eigenvalue weighted by Crippen LogP contribution is -2.38. The molecule has 0 saturated carbocycles. The number of nitrogens with zero attached hydrogens (tertiary/aromatic N) is 3. The van der Waals surface area contributed by atoms with E-state index in [4.69, 9.17) is 0 Å². The molecular weight excluding hydrogens is 266 g/mol. The topological polar surface area (TPSA) is 75.6 Å².